The van der Waals surface area contributed by atoms with E-state index in [1.807, 2.05) is 24.3 Å². The average Bonchev–Trinajstić information content (AvgIpc) is 2.86. The SMILES string of the molecule is COC1OOC(O)C2(CCCC2)c2ccccc21. The van der Waals surface area contributed by atoms with Gasteiger partial charge in [-0.15, -0.1) is 0 Å². The molecule has 98 valence electrons. The number of fused-ring (bicyclic) bond motifs is 2. The van der Waals surface area contributed by atoms with Crippen molar-refractivity contribution in [3.8, 4) is 0 Å². The Morgan fingerprint density at radius 1 is 1.22 bits per heavy atom. The second-order valence-electron chi connectivity index (χ2n) is 5.06. The molecule has 2 aliphatic rings. The van der Waals surface area contributed by atoms with Gasteiger partial charge >= 0.3 is 0 Å². The molecule has 0 aromatic heterocycles. The van der Waals surface area contributed by atoms with Crippen molar-refractivity contribution in [1.29, 1.82) is 0 Å². The molecule has 1 fully saturated rings. The summed E-state index contributed by atoms with van der Waals surface area (Å²) >= 11 is 0. The van der Waals surface area contributed by atoms with Crippen molar-refractivity contribution in [3.63, 3.8) is 0 Å². The van der Waals surface area contributed by atoms with Gasteiger partial charge in [-0.25, -0.2) is 4.89 Å². The number of benzene rings is 1. The van der Waals surface area contributed by atoms with Gasteiger partial charge in [0, 0.05) is 18.1 Å². The molecule has 0 saturated heterocycles. The molecule has 18 heavy (non-hydrogen) atoms. The van der Waals surface area contributed by atoms with E-state index in [1.165, 1.54) is 0 Å². The highest BCUT2D eigenvalue weighted by molar-refractivity contribution is 5.37. The predicted octanol–water partition coefficient (Wildman–Crippen LogP) is 2.42. The lowest BCUT2D eigenvalue weighted by atomic mass is 9.76. The molecule has 1 aromatic carbocycles. The molecule has 0 amide bonds. The summed E-state index contributed by atoms with van der Waals surface area (Å²) in [5.41, 5.74) is 1.71. The van der Waals surface area contributed by atoms with Crippen LogP contribution >= 0.6 is 0 Å². The minimum absolute atomic E-state index is 0.343. The molecule has 1 aromatic rings. The molecule has 1 heterocycles. The summed E-state index contributed by atoms with van der Waals surface area (Å²) in [6.45, 7) is 0. The zero-order valence-corrected chi connectivity index (χ0v) is 10.5. The van der Waals surface area contributed by atoms with E-state index in [0.29, 0.717) is 0 Å². The lowest BCUT2D eigenvalue weighted by molar-refractivity contribution is -0.435. The minimum atomic E-state index is -0.929. The van der Waals surface area contributed by atoms with Crippen LogP contribution in [0.25, 0.3) is 0 Å². The van der Waals surface area contributed by atoms with Crippen LogP contribution in [0.5, 0.6) is 0 Å². The second kappa shape index (κ2) is 4.63. The van der Waals surface area contributed by atoms with E-state index in [4.69, 9.17) is 14.5 Å². The zero-order chi connectivity index (χ0) is 12.6. The van der Waals surface area contributed by atoms with E-state index in [2.05, 4.69) is 0 Å². The molecule has 0 bridgehead atoms. The third-order valence-electron chi connectivity index (χ3n) is 4.17. The number of ether oxygens (including phenoxy) is 1. The topological polar surface area (TPSA) is 47.9 Å². The maximum atomic E-state index is 10.3. The first-order valence-corrected chi connectivity index (χ1v) is 6.40. The van der Waals surface area contributed by atoms with Crippen molar-refractivity contribution in [2.24, 2.45) is 0 Å². The molecule has 1 aliphatic heterocycles. The van der Waals surface area contributed by atoms with Crippen LogP contribution in [0.1, 0.15) is 43.1 Å². The molecule has 2 unspecified atom stereocenters. The Morgan fingerprint density at radius 2 is 1.94 bits per heavy atom. The van der Waals surface area contributed by atoms with Gasteiger partial charge in [0.1, 0.15) is 0 Å². The molecule has 4 heteroatoms. The third kappa shape index (κ3) is 1.68. The second-order valence-corrected chi connectivity index (χ2v) is 5.06. The van der Waals surface area contributed by atoms with E-state index in [-0.39, 0.29) is 5.41 Å². The van der Waals surface area contributed by atoms with Crippen molar-refractivity contribution in [3.05, 3.63) is 35.4 Å². The van der Waals surface area contributed by atoms with E-state index in [9.17, 15) is 5.11 Å². The quantitative estimate of drug-likeness (QED) is 0.778. The summed E-state index contributed by atoms with van der Waals surface area (Å²) < 4.78 is 5.29. The van der Waals surface area contributed by atoms with Gasteiger partial charge in [0.15, 0.2) is 6.29 Å². The molecular weight excluding hydrogens is 232 g/mol. The summed E-state index contributed by atoms with van der Waals surface area (Å²) in [7, 11) is 1.57. The van der Waals surface area contributed by atoms with Crippen molar-refractivity contribution in [1.82, 2.24) is 0 Å². The molecule has 1 spiro atoms. The predicted molar refractivity (Wildman–Crippen MR) is 64.5 cm³/mol. The van der Waals surface area contributed by atoms with Crippen LogP contribution in [0.2, 0.25) is 0 Å². The summed E-state index contributed by atoms with van der Waals surface area (Å²) in [6.07, 6.45) is 2.55. The maximum absolute atomic E-state index is 10.3. The van der Waals surface area contributed by atoms with Gasteiger partial charge in [-0.2, -0.15) is 4.89 Å². The Bertz CT molecular complexity index is 426. The van der Waals surface area contributed by atoms with Gasteiger partial charge in [-0.3, -0.25) is 0 Å². The largest absolute Gasteiger partial charge is 0.365 e. The highest BCUT2D eigenvalue weighted by Gasteiger charge is 2.47. The first kappa shape index (κ1) is 12.1. The Morgan fingerprint density at radius 3 is 2.67 bits per heavy atom. The molecular formula is C14H18O4. The molecule has 0 radical (unpaired) electrons. The van der Waals surface area contributed by atoms with Crippen molar-refractivity contribution >= 4 is 0 Å². The minimum Gasteiger partial charge on any atom is -0.365 e. The molecule has 1 N–H and O–H groups in total. The van der Waals surface area contributed by atoms with Crippen molar-refractivity contribution in [2.45, 2.75) is 43.7 Å². The molecule has 2 atom stereocenters. The molecule has 3 rings (SSSR count). The van der Waals surface area contributed by atoms with Crippen LogP contribution in [0.15, 0.2) is 24.3 Å². The third-order valence-corrected chi connectivity index (χ3v) is 4.17. The molecule has 4 nitrogen and oxygen atoms in total. The monoisotopic (exact) mass is 250 g/mol. The highest BCUT2D eigenvalue weighted by atomic mass is 17.2. The number of hydrogen-bond donors (Lipinski definition) is 1. The van der Waals surface area contributed by atoms with Gasteiger partial charge in [-0.05, 0) is 18.4 Å². The fraction of sp³-hybridized carbons (Fsp3) is 0.571. The van der Waals surface area contributed by atoms with E-state index < -0.39 is 12.6 Å². The van der Waals surface area contributed by atoms with Crippen LogP contribution in [0, 0.1) is 0 Å². The smallest absolute Gasteiger partial charge is 0.217 e. The number of aliphatic hydroxyl groups is 1. The van der Waals surface area contributed by atoms with E-state index >= 15 is 0 Å². The Labute approximate surface area is 106 Å². The molecule has 1 aliphatic carbocycles. The number of hydrogen-bond acceptors (Lipinski definition) is 4. The summed E-state index contributed by atoms with van der Waals surface area (Å²) in [5, 5.41) is 10.3. The first-order chi connectivity index (χ1) is 8.78. The fourth-order valence-corrected chi connectivity index (χ4v) is 3.22. The van der Waals surface area contributed by atoms with Crippen LogP contribution in [-0.4, -0.2) is 18.5 Å². The Hall–Kier alpha value is -0.940. The maximum Gasteiger partial charge on any atom is 0.217 e. The van der Waals surface area contributed by atoms with E-state index in [0.717, 1.165) is 36.8 Å². The standard InChI is InChI=1S/C14H18O4/c1-16-12-10-6-2-3-7-11(10)14(8-4-5-9-14)13(15)18-17-12/h2-3,6-7,12-13,15H,4-5,8-9H2,1H3. The van der Waals surface area contributed by atoms with Crippen LogP contribution in [-0.2, 0) is 19.9 Å². The summed E-state index contributed by atoms with van der Waals surface area (Å²) in [4.78, 5) is 10.4. The summed E-state index contributed by atoms with van der Waals surface area (Å²) in [5.74, 6) is 0. The Kier molecular flexibility index (Phi) is 3.11. The number of rotatable bonds is 1. The van der Waals surface area contributed by atoms with Gasteiger partial charge < -0.3 is 9.84 Å². The first-order valence-electron chi connectivity index (χ1n) is 6.40. The molecule has 1 saturated carbocycles. The van der Waals surface area contributed by atoms with E-state index in [1.54, 1.807) is 7.11 Å². The zero-order valence-electron chi connectivity index (χ0n) is 10.5. The van der Waals surface area contributed by atoms with Crippen molar-refractivity contribution < 1.29 is 19.6 Å². The van der Waals surface area contributed by atoms with Gasteiger partial charge in [0.25, 0.3) is 0 Å². The van der Waals surface area contributed by atoms with Crippen LogP contribution in [0.4, 0.5) is 0 Å². The number of methoxy groups -OCH3 is 1. The van der Waals surface area contributed by atoms with Gasteiger partial charge in [0.05, 0.1) is 0 Å². The Balaban J connectivity index is 2.13. The average molecular weight is 250 g/mol. The summed E-state index contributed by atoms with van der Waals surface area (Å²) in [6, 6.07) is 7.97. The van der Waals surface area contributed by atoms with Gasteiger partial charge in [-0.1, -0.05) is 37.1 Å². The normalized spacial score (nSPS) is 30.1. The fourth-order valence-electron chi connectivity index (χ4n) is 3.22. The van der Waals surface area contributed by atoms with Crippen LogP contribution in [0.3, 0.4) is 0 Å². The highest BCUT2D eigenvalue weighted by Crippen LogP contribution is 2.48. The van der Waals surface area contributed by atoms with Crippen molar-refractivity contribution in [2.75, 3.05) is 7.11 Å². The number of aliphatic hydroxyl groups excluding tert-OH is 1. The lowest BCUT2D eigenvalue weighted by Gasteiger charge is -2.32. The lowest BCUT2D eigenvalue weighted by Crippen LogP contribution is -2.38. The van der Waals surface area contributed by atoms with Crippen LogP contribution < -0.4 is 0 Å². The van der Waals surface area contributed by atoms with Gasteiger partial charge in [0.2, 0.25) is 6.29 Å².